The lowest BCUT2D eigenvalue weighted by molar-refractivity contribution is 1.17. The van der Waals surface area contributed by atoms with E-state index in [0.29, 0.717) is 0 Å². The monoisotopic (exact) mass is 511 g/mol. The van der Waals surface area contributed by atoms with Gasteiger partial charge in [-0.2, -0.15) is 0 Å². The third kappa shape index (κ3) is 4.77. The second kappa shape index (κ2) is 10.4. The van der Waals surface area contributed by atoms with E-state index in [1.54, 1.807) is 6.33 Å². The van der Waals surface area contributed by atoms with Crippen molar-refractivity contribution in [1.82, 2.24) is 15.0 Å². The molecule has 0 saturated carbocycles. The zero-order valence-corrected chi connectivity index (χ0v) is 21.8. The van der Waals surface area contributed by atoms with Crippen molar-refractivity contribution in [2.24, 2.45) is 0 Å². The third-order valence-electron chi connectivity index (χ3n) is 7.21. The average Bonchev–Trinajstić information content (AvgIpc) is 3.05. The normalized spacial score (nSPS) is 11.0. The van der Waals surface area contributed by atoms with Gasteiger partial charge in [0.15, 0.2) is 0 Å². The molecular formula is C37H25N3. The first-order chi connectivity index (χ1) is 19.8. The van der Waals surface area contributed by atoms with Crippen molar-refractivity contribution in [2.45, 2.75) is 0 Å². The van der Waals surface area contributed by atoms with E-state index >= 15 is 0 Å². The number of hydrogen-bond donors (Lipinski definition) is 0. The Morgan fingerprint density at radius 2 is 0.825 bits per heavy atom. The highest BCUT2D eigenvalue weighted by molar-refractivity contribution is 5.90. The third-order valence-corrected chi connectivity index (χ3v) is 7.21. The van der Waals surface area contributed by atoms with Gasteiger partial charge in [-0.05, 0) is 75.0 Å². The first-order valence-corrected chi connectivity index (χ1v) is 13.3. The van der Waals surface area contributed by atoms with Crippen LogP contribution in [0.3, 0.4) is 0 Å². The number of pyridine rings is 1. The van der Waals surface area contributed by atoms with Crippen LogP contribution in [0.1, 0.15) is 0 Å². The Labute approximate surface area is 233 Å². The first kappa shape index (κ1) is 23.7. The summed E-state index contributed by atoms with van der Waals surface area (Å²) in [5, 5.41) is 2.45. The van der Waals surface area contributed by atoms with Gasteiger partial charge >= 0.3 is 0 Å². The molecule has 7 aromatic rings. The molecule has 2 aromatic heterocycles. The SMILES string of the molecule is c1ccc(-c2cc(-c3cc(-c4cncnc4)cc(-c4ccc5ccccc5c4)c3)cc(-c3ccccc3)n2)cc1. The quantitative estimate of drug-likeness (QED) is 0.231. The summed E-state index contributed by atoms with van der Waals surface area (Å²) in [6.07, 6.45) is 5.31. The van der Waals surface area contributed by atoms with Crippen LogP contribution in [-0.2, 0) is 0 Å². The van der Waals surface area contributed by atoms with Crippen molar-refractivity contribution < 1.29 is 0 Å². The molecule has 7 rings (SSSR count). The Hall–Kier alpha value is -5.41. The van der Waals surface area contributed by atoms with Crippen molar-refractivity contribution in [2.75, 3.05) is 0 Å². The highest BCUT2D eigenvalue weighted by atomic mass is 14.8. The van der Waals surface area contributed by atoms with Gasteiger partial charge in [0, 0.05) is 29.1 Å². The summed E-state index contributed by atoms with van der Waals surface area (Å²) >= 11 is 0. The highest BCUT2D eigenvalue weighted by Gasteiger charge is 2.12. The van der Waals surface area contributed by atoms with E-state index < -0.39 is 0 Å². The standard InChI is InChI=1S/C37H25N3/c1-3-10-27(11-4-1)36-21-34(22-37(40-36)28-12-5-2-6-13-28)32-18-31(19-33(20-32)35-23-38-25-39-24-35)30-16-15-26-9-7-8-14-29(26)17-30/h1-25H. The predicted molar refractivity (Wildman–Crippen MR) is 165 cm³/mol. The molecule has 0 aliphatic rings. The molecule has 0 atom stereocenters. The Morgan fingerprint density at radius 3 is 1.45 bits per heavy atom. The van der Waals surface area contributed by atoms with E-state index in [1.807, 2.05) is 24.5 Å². The molecule has 0 saturated heterocycles. The van der Waals surface area contributed by atoms with Crippen molar-refractivity contribution in [1.29, 1.82) is 0 Å². The van der Waals surface area contributed by atoms with Crippen LogP contribution in [0.15, 0.2) is 152 Å². The molecule has 0 aliphatic carbocycles. The van der Waals surface area contributed by atoms with Crippen LogP contribution in [0.4, 0.5) is 0 Å². The van der Waals surface area contributed by atoms with Gasteiger partial charge in [0.25, 0.3) is 0 Å². The zero-order chi connectivity index (χ0) is 26.7. The van der Waals surface area contributed by atoms with Gasteiger partial charge in [-0.3, -0.25) is 0 Å². The summed E-state index contributed by atoms with van der Waals surface area (Å²) in [6, 6.07) is 47.0. The fraction of sp³-hybridized carbons (Fsp3) is 0. The molecule has 3 nitrogen and oxygen atoms in total. The summed E-state index contributed by atoms with van der Waals surface area (Å²) < 4.78 is 0. The minimum Gasteiger partial charge on any atom is -0.248 e. The Kier molecular flexibility index (Phi) is 6.15. The van der Waals surface area contributed by atoms with E-state index in [0.717, 1.165) is 50.3 Å². The van der Waals surface area contributed by atoms with Crippen LogP contribution in [-0.4, -0.2) is 15.0 Å². The molecule has 2 heterocycles. The maximum atomic E-state index is 5.07. The molecule has 40 heavy (non-hydrogen) atoms. The second-order valence-electron chi connectivity index (χ2n) is 9.85. The minimum absolute atomic E-state index is 0.942. The van der Waals surface area contributed by atoms with E-state index in [4.69, 9.17) is 4.98 Å². The van der Waals surface area contributed by atoms with Gasteiger partial charge in [-0.1, -0.05) is 97.1 Å². The number of hydrogen-bond acceptors (Lipinski definition) is 3. The fourth-order valence-electron chi connectivity index (χ4n) is 5.16. The summed E-state index contributed by atoms with van der Waals surface area (Å²) in [5.41, 5.74) is 10.6. The van der Waals surface area contributed by atoms with Crippen LogP contribution in [0.2, 0.25) is 0 Å². The van der Waals surface area contributed by atoms with Gasteiger partial charge in [-0.15, -0.1) is 0 Å². The van der Waals surface area contributed by atoms with Crippen LogP contribution in [0, 0.1) is 0 Å². The van der Waals surface area contributed by atoms with E-state index in [-0.39, 0.29) is 0 Å². The zero-order valence-electron chi connectivity index (χ0n) is 21.8. The van der Waals surface area contributed by atoms with E-state index in [1.165, 1.54) is 16.3 Å². The summed E-state index contributed by atoms with van der Waals surface area (Å²) in [7, 11) is 0. The number of benzene rings is 5. The lowest BCUT2D eigenvalue weighted by Gasteiger charge is -2.14. The minimum atomic E-state index is 0.942. The fourth-order valence-corrected chi connectivity index (χ4v) is 5.16. The second-order valence-corrected chi connectivity index (χ2v) is 9.85. The van der Waals surface area contributed by atoms with Crippen molar-refractivity contribution >= 4 is 10.8 Å². The Morgan fingerprint density at radius 1 is 0.325 bits per heavy atom. The molecule has 5 aromatic carbocycles. The number of rotatable bonds is 5. The van der Waals surface area contributed by atoms with Crippen molar-refractivity contribution in [3.63, 3.8) is 0 Å². The Balaban J connectivity index is 1.45. The van der Waals surface area contributed by atoms with Crippen LogP contribution >= 0.6 is 0 Å². The summed E-state index contributed by atoms with van der Waals surface area (Å²) in [4.78, 5) is 13.7. The molecule has 3 heteroatoms. The predicted octanol–water partition coefficient (Wildman–Crippen LogP) is 9.36. The molecular weight excluding hydrogens is 486 g/mol. The lowest BCUT2D eigenvalue weighted by atomic mass is 9.92. The van der Waals surface area contributed by atoms with E-state index in [2.05, 4.69) is 131 Å². The van der Waals surface area contributed by atoms with Gasteiger partial charge in [-0.25, -0.2) is 15.0 Å². The van der Waals surface area contributed by atoms with Crippen molar-refractivity contribution in [3.8, 4) is 55.9 Å². The molecule has 0 aliphatic heterocycles. The lowest BCUT2D eigenvalue weighted by Crippen LogP contribution is -1.92. The maximum absolute atomic E-state index is 5.07. The largest absolute Gasteiger partial charge is 0.248 e. The van der Waals surface area contributed by atoms with Gasteiger partial charge in [0.2, 0.25) is 0 Å². The molecule has 0 fully saturated rings. The molecule has 0 bridgehead atoms. The molecule has 0 N–H and O–H groups in total. The molecule has 0 amide bonds. The topological polar surface area (TPSA) is 38.7 Å². The van der Waals surface area contributed by atoms with Crippen LogP contribution in [0.25, 0.3) is 66.7 Å². The number of fused-ring (bicyclic) bond motifs is 1. The van der Waals surface area contributed by atoms with Gasteiger partial charge < -0.3 is 0 Å². The maximum Gasteiger partial charge on any atom is 0.115 e. The smallest absolute Gasteiger partial charge is 0.115 e. The Bertz CT molecular complexity index is 1870. The number of nitrogens with zero attached hydrogens (tertiary/aromatic N) is 3. The van der Waals surface area contributed by atoms with Crippen LogP contribution in [0.5, 0.6) is 0 Å². The molecule has 0 spiro atoms. The molecule has 0 radical (unpaired) electrons. The van der Waals surface area contributed by atoms with Crippen molar-refractivity contribution in [3.05, 3.63) is 152 Å². The van der Waals surface area contributed by atoms with Gasteiger partial charge in [0.05, 0.1) is 11.4 Å². The molecule has 0 unspecified atom stereocenters. The summed E-state index contributed by atoms with van der Waals surface area (Å²) in [6.45, 7) is 0. The van der Waals surface area contributed by atoms with Gasteiger partial charge in [0.1, 0.15) is 6.33 Å². The highest BCUT2D eigenvalue weighted by Crippen LogP contribution is 2.36. The van der Waals surface area contributed by atoms with E-state index in [9.17, 15) is 0 Å². The summed E-state index contributed by atoms with van der Waals surface area (Å²) in [5.74, 6) is 0. The number of aromatic nitrogens is 3. The van der Waals surface area contributed by atoms with Crippen LogP contribution < -0.4 is 0 Å². The molecule has 188 valence electrons. The average molecular weight is 512 g/mol. The first-order valence-electron chi connectivity index (χ1n) is 13.3.